The Bertz CT molecular complexity index is 241. The van der Waals surface area contributed by atoms with Gasteiger partial charge in [-0.1, -0.05) is 43.4 Å². The van der Waals surface area contributed by atoms with Gasteiger partial charge in [0.25, 0.3) is 0 Å². The maximum atomic E-state index is 5.71. The summed E-state index contributed by atoms with van der Waals surface area (Å²) in [7, 11) is -0.386. The van der Waals surface area contributed by atoms with E-state index in [-0.39, 0.29) is 8.80 Å². The van der Waals surface area contributed by atoms with Gasteiger partial charge in [0.1, 0.15) is 0 Å². The highest BCUT2D eigenvalue weighted by Crippen LogP contribution is 2.09. The Morgan fingerprint density at radius 3 is 2.08 bits per heavy atom. The quantitative estimate of drug-likeness (QED) is 0.530. The van der Waals surface area contributed by atoms with E-state index in [0.29, 0.717) is 5.88 Å². The standard InChI is InChI=1S/C11H17ClSi/c1-13(2)8-7-10-3-5-11(9-12)6-4-10/h3-6,13H,7-9H2,1-2H3. The van der Waals surface area contributed by atoms with Crippen molar-refractivity contribution in [3.63, 3.8) is 0 Å². The van der Waals surface area contributed by atoms with Crippen LogP contribution in [0.15, 0.2) is 24.3 Å². The average Bonchev–Trinajstić information content (AvgIpc) is 2.15. The molecule has 0 amide bonds. The second kappa shape index (κ2) is 5.46. The van der Waals surface area contributed by atoms with Gasteiger partial charge in [0.15, 0.2) is 0 Å². The van der Waals surface area contributed by atoms with E-state index in [1.807, 2.05) is 0 Å². The zero-order valence-corrected chi connectivity index (χ0v) is 10.3. The SMILES string of the molecule is C[SiH](C)CCc1ccc(CCl)cc1. The molecule has 72 valence electrons. The van der Waals surface area contributed by atoms with Crippen LogP contribution in [0.25, 0.3) is 0 Å². The molecule has 0 fully saturated rings. The lowest BCUT2D eigenvalue weighted by Gasteiger charge is -2.03. The Labute approximate surface area is 87.5 Å². The molecule has 0 atom stereocenters. The Balaban J connectivity index is 2.49. The molecule has 0 unspecified atom stereocenters. The van der Waals surface area contributed by atoms with E-state index < -0.39 is 0 Å². The van der Waals surface area contributed by atoms with Crippen LogP contribution in [-0.4, -0.2) is 8.80 Å². The highest BCUT2D eigenvalue weighted by atomic mass is 35.5. The monoisotopic (exact) mass is 212 g/mol. The first-order valence-corrected chi connectivity index (χ1v) is 8.52. The first kappa shape index (κ1) is 10.8. The molecule has 0 saturated heterocycles. The predicted molar refractivity (Wildman–Crippen MR) is 63.4 cm³/mol. The molecule has 0 heterocycles. The van der Waals surface area contributed by atoms with Gasteiger partial charge in [0.05, 0.1) is 0 Å². The van der Waals surface area contributed by atoms with E-state index in [1.54, 1.807) is 0 Å². The molecule has 0 aliphatic heterocycles. The summed E-state index contributed by atoms with van der Waals surface area (Å²) in [6.07, 6.45) is 1.24. The highest BCUT2D eigenvalue weighted by Gasteiger charge is 1.97. The van der Waals surface area contributed by atoms with E-state index >= 15 is 0 Å². The molecule has 0 aliphatic rings. The Morgan fingerprint density at radius 2 is 1.62 bits per heavy atom. The van der Waals surface area contributed by atoms with Crippen molar-refractivity contribution < 1.29 is 0 Å². The number of aryl methyl sites for hydroxylation is 1. The van der Waals surface area contributed by atoms with E-state index in [0.717, 1.165) is 0 Å². The number of rotatable bonds is 4. The van der Waals surface area contributed by atoms with Crippen LogP contribution < -0.4 is 0 Å². The summed E-state index contributed by atoms with van der Waals surface area (Å²) in [5.74, 6) is 0.624. The zero-order valence-electron chi connectivity index (χ0n) is 8.39. The molecule has 1 rings (SSSR count). The van der Waals surface area contributed by atoms with Gasteiger partial charge in [-0.3, -0.25) is 0 Å². The van der Waals surface area contributed by atoms with Crippen molar-refractivity contribution in [2.75, 3.05) is 0 Å². The normalized spacial score (nSPS) is 10.8. The molecule has 0 aliphatic carbocycles. The average molecular weight is 213 g/mol. The molecule has 0 N–H and O–H groups in total. The van der Waals surface area contributed by atoms with Crippen molar-refractivity contribution in [2.24, 2.45) is 0 Å². The molecule has 0 saturated carbocycles. The van der Waals surface area contributed by atoms with E-state index in [1.165, 1.54) is 23.6 Å². The minimum absolute atomic E-state index is 0.386. The number of hydrogen-bond donors (Lipinski definition) is 0. The van der Waals surface area contributed by atoms with Gasteiger partial charge in [-0.05, 0) is 17.5 Å². The van der Waals surface area contributed by atoms with Crippen molar-refractivity contribution in [1.82, 2.24) is 0 Å². The largest absolute Gasteiger partial charge is 0.122 e. The smallest absolute Gasteiger partial charge is 0.0474 e. The number of halogens is 1. The first-order valence-electron chi connectivity index (χ1n) is 4.86. The lowest BCUT2D eigenvalue weighted by Crippen LogP contribution is -2.00. The summed E-state index contributed by atoms with van der Waals surface area (Å²) in [5.41, 5.74) is 2.67. The number of alkyl halides is 1. The summed E-state index contributed by atoms with van der Waals surface area (Å²) in [6.45, 7) is 4.79. The van der Waals surface area contributed by atoms with Crippen LogP contribution in [0.3, 0.4) is 0 Å². The van der Waals surface area contributed by atoms with Gasteiger partial charge in [0, 0.05) is 14.7 Å². The van der Waals surface area contributed by atoms with Crippen molar-refractivity contribution in [3.05, 3.63) is 35.4 Å². The molecule has 0 bridgehead atoms. The second-order valence-corrected chi connectivity index (χ2v) is 7.51. The van der Waals surface area contributed by atoms with E-state index in [4.69, 9.17) is 11.6 Å². The number of hydrogen-bond acceptors (Lipinski definition) is 0. The third-order valence-corrected chi connectivity index (χ3v) is 3.94. The fourth-order valence-electron chi connectivity index (χ4n) is 1.25. The minimum Gasteiger partial charge on any atom is -0.122 e. The summed E-state index contributed by atoms with van der Waals surface area (Å²) < 4.78 is 0. The Morgan fingerprint density at radius 1 is 1.08 bits per heavy atom. The van der Waals surface area contributed by atoms with Crippen molar-refractivity contribution in [3.8, 4) is 0 Å². The van der Waals surface area contributed by atoms with Crippen molar-refractivity contribution >= 4 is 20.4 Å². The van der Waals surface area contributed by atoms with Gasteiger partial charge in [-0.15, -0.1) is 11.6 Å². The molecular formula is C11H17ClSi. The maximum Gasteiger partial charge on any atom is 0.0474 e. The van der Waals surface area contributed by atoms with Crippen molar-refractivity contribution in [2.45, 2.75) is 31.4 Å². The van der Waals surface area contributed by atoms with Crippen LogP contribution in [0.2, 0.25) is 19.1 Å². The predicted octanol–water partition coefficient (Wildman–Crippen LogP) is 3.45. The molecule has 13 heavy (non-hydrogen) atoms. The van der Waals surface area contributed by atoms with E-state index in [9.17, 15) is 0 Å². The van der Waals surface area contributed by atoms with Gasteiger partial charge in [-0.2, -0.15) is 0 Å². The minimum atomic E-state index is -0.386. The molecule has 0 radical (unpaired) electrons. The molecule has 1 aromatic carbocycles. The first-order chi connectivity index (χ1) is 6.22. The third kappa shape index (κ3) is 3.97. The molecule has 0 aromatic heterocycles. The van der Waals surface area contributed by atoms with E-state index in [2.05, 4.69) is 37.4 Å². The molecule has 0 spiro atoms. The lowest BCUT2D eigenvalue weighted by atomic mass is 10.1. The van der Waals surface area contributed by atoms with Crippen LogP contribution >= 0.6 is 11.6 Å². The highest BCUT2D eigenvalue weighted by molar-refractivity contribution is 6.55. The van der Waals surface area contributed by atoms with Gasteiger partial charge in [0.2, 0.25) is 0 Å². The van der Waals surface area contributed by atoms with Crippen LogP contribution in [0.5, 0.6) is 0 Å². The number of benzene rings is 1. The fourth-order valence-corrected chi connectivity index (χ4v) is 2.34. The van der Waals surface area contributed by atoms with Crippen molar-refractivity contribution in [1.29, 1.82) is 0 Å². The van der Waals surface area contributed by atoms with Gasteiger partial charge < -0.3 is 0 Å². The molecule has 1 aromatic rings. The topological polar surface area (TPSA) is 0 Å². The van der Waals surface area contributed by atoms with Crippen LogP contribution in [0.4, 0.5) is 0 Å². The maximum absolute atomic E-state index is 5.71. The fraction of sp³-hybridized carbons (Fsp3) is 0.455. The molecular weight excluding hydrogens is 196 g/mol. The Hall–Kier alpha value is -0.273. The molecule has 0 nitrogen and oxygen atoms in total. The second-order valence-electron chi connectivity index (χ2n) is 3.88. The van der Waals surface area contributed by atoms with Crippen LogP contribution in [0.1, 0.15) is 11.1 Å². The van der Waals surface area contributed by atoms with Crippen LogP contribution in [-0.2, 0) is 12.3 Å². The molecule has 2 heteroatoms. The summed E-state index contributed by atoms with van der Waals surface area (Å²) in [6, 6.07) is 10.1. The van der Waals surface area contributed by atoms with Gasteiger partial charge >= 0.3 is 0 Å². The zero-order chi connectivity index (χ0) is 9.68. The summed E-state index contributed by atoms with van der Waals surface area (Å²) in [5, 5.41) is 0. The summed E-state index contributed by atoms with van der Waals surface area (Å²) >= 11 is 5.71. The summed E-state index contributed by atoms with van der Waals surface area (Å²) in [4.78, 5) is 0. The third-order valence-electron chi connectivity index (χ3n) is 2.19. The Kier molecular flexibility index (Phi) is 4.53. The van der Waals surface area contributed by atoms with Crippen LogP contribution in [0, 0.1) is 0 Å². The van der Waals surface area contributed by atoms with Gasteiger partial charge in [-0.25, -0.2) is 0 Å². The lowest BCUT2D eigenvalue weighted by molar-refractivity contribution is 1.11.